The number of benzene rings is 2. The Balaban J connectivity index is 1.65. The topological polar surface area (TPSA) is 37.4 Å². The monoisotopic (exact) mass is 445 g/mol. The Morgan fingerprint density at radius 1 is 0.906 bits per heavy atom. The first-order valence-electron chi connectivity index (χ1n) is 12.1. The van der Waals surface area contributed by atoms with Crippen molar-refractivity contribution in [3.05, 3.63) is 77.5 Å². The quantitative estimate of drug-likeness (QED) is 0.270. The van der Waals surface area contributed by atoms with E-state index < -0.39 is 8.07 Å². The van der Waals surface area contributed by atoms with Crippen molar-refractivity contribution in [3.8, 4) is 0 Å². The van der Waals surface area contributed by atoms with Gasteiger partial charge in [0.25, 0.3) is 0 Å². The van der Waals surface area contributed by atoms with Crippen LogP contribution in [0.15, 0.2) is 71.9 Å². The molecule has 1 aliphatic heterocycles. The summed E-state index contributed by atoms with van der Waals surface area (Å²) in [5, 5.41) is 1.47. The lowest BCUT2D eigenvalue weighted by Gasteiger charge is -2.36. The molecule has 4 heteroatoms. The minimum absolute atomic E-state index is 0.00167. The van der Waals surface area contributed by atoms with E-state index in [0.717, 1.165) is 31.7 Å². The minimum atomic E-state index is -1.77. The van der Waals surface area contributed by atoms with E-state index >= 15 is 0 Å². The van der Waals surface area contributed by atoms with Gasteiger partial charge in [-0.2, -0.15) is 0 Å². The molecule has 1 fully saturated rings. The maximum absolute atomic E-state index is 13.6. The molecule has 3 atom stereocenters. The molecule has 168 valence electrons. The highest BCUT2D eigenvalue weighted by atomic mass is 28.3. The summed E-state index contributed by atoms with van der Waals surface area (Å²) < 4.78 is 0. The highest BCUT2D eigenvalue weighted by Crippen LogP contribution is 2.46. The molecule has 1 aliphatic carbocycles. The molecular formula is C28H35NO2Si. The van der Waals surface area contributed by atoms with E-state index in [0.29, 0.717) is 5.69 Å². The van der Waals surface area contributed by atoms with Crippen LogP contribution in [-0.4, -0.2) is 19.9 Å². The van der Waals surface area contributed by atoms with Crippen molar-refractivity contribution in [2.24, 2.45) is 17.8 Å². The SMILES string of the molecule is CCCCC[C@@H]1C=C([Si](C)(C)Cc2ccccc2)C[C@H]2C(=O)N(c3ccccc3)C(=O)[C@@H]12. The number of anilines is 1. The molecule has 2 aromatic carbocycles. The van der Waals surface area contributed by atoms with Gasteiger partial charge in [0.15, 0.2) is 0 Å². The number of unbranched alkanes of at least 4 members (excludes halogenated alkanes) is 2. The summed E-state index contributed by atoms with van der Waals surface area (Å²) in [7, 11) is -1.77. The molecule has 2 amide bonds. The summed E-state index contributed by atoms with van der Waals surface area (Å²) in [6, 6.07) is 21.2. The molecule has 0 unspecified atom stereocenters. The summed E-state index contributed by atoms with van der Waals surface area (Å²) in [6.45, 7) is 7.05. The average molecular weight is 446 g/mol. The van der Waals surface area contributed by atoms with Crippen molar-refractivity contribution in [1.29, 1.82) is 0 Å². The van der Waals surface area contributed by atoms with E-state index in [-0.39, 0.29) is 29.6 Å². The van der Waals surface area contributed by atoms with Gasteiger partial charge in [0.05, 0.1) is 25.6 Å². The summed E-state index contributed by atoms with van der Waals surface area (Å²) >= 11 is 0. The molecule has 3 nitrogen and oxygen atoms in total. The number of rotatable bonds is 8. The van der Waals surface area contributed by atoms with Gasteiger partial charge in [-0.25, -0.2) is 0 Å². The maximum Gasteiger partial charge on any atom is 0.238 e. The van der Waals surface area contributed by atoms with Gasteiger partial charge in [0.2, 0.25) is 11.8 Å². The van der Waals surface area contributed by atoms with E-state index in [1.165, 1.54) is 22.1 Å². The van der Waals surface area contributed by atoms with Gasteiger partial charge in [0.1, 0.15) is 0 Å². The van der Waals surface area contributed by atoms with E-state index in [4.69, 9.17) is 0 Å². The minimum Gasteiger partial charge on any atom is -0.274 e. The third-order valence-corrected chi connectivity index (χ3v) is 10.7. The Kier molecular flexibility index (Phi) is 6.80. The third-order valence-electron chi connectivity index (χ3n) is 7.31. The van der Waals surface area contributed by atoms with Gasteiger partial charge in [-0.05, 0) is 36.9 Å². The van der Waals surface area contributed by atoms with Crippen LogP contribution < -0.4 is 4.90 Å². The van der Waals surface area contributed by atoms with Crippen LogP contribution >= 0.6 is 0 Å². The van der Waals surface area contributed by atoms with Crippen LogP contribution in [0.2, 0.25) is 13.1 Å². The smallest absolute Gasteiger partial charge is 0.238 e. The zero-order chi connectivity index (χ0) is 22.7. The van der Waals surface area contributed by atoms with E-state index in [2.05, 4.69) is 56.4 Å². The van der Waals surface area contributed by atoms with Crippen LogP contribution in [0.1, 0.15) is 44.6 Å². The number of carbonyl (C=O) groups excluding carboxylic acids is 2. The number of amides is 2. The van der Waals surface area contributed by atoms with Gasteiger partial charge >= 0.3 is 0 Å². The predicted molar refractivity (Wildman–Crippen MR) is 134 cm³/mol. The molecule has 4 rings (SSSR count). The molecule has 0 spiro atoms. The van der Waals surface area contributed by atoms with Crippen molar-refractivity contribution >= 4 is 25.6 Å². The number of allylic oxidation sites excluding steroid dienone is 2. The molecule has 2 aromatic rings. The van der Waals surface area contributed by atoms with Gasteiger partial charge in [-0.15, -0.1) is 0 Å². The Labute approximate surface area is 193 Å². The van der Waals surface area contributed by atoms with Crippen molar-refractivity contribution in [3.63, 3.8) is 0 Å². The largest absolute Gasteiger partial charge is 0.274 e. The molecule has 1 heterocycles. The predicted octanol–water partition coefficient (Wildman–Crippen LogP) is 6.35. The number of imide groups is 1. The fourth-order valence-electron chi connectivity index (χ4n) is 5.56. The highest BCUT2D eigenvalue weighted by Gasteiger charge is 2.53. The molecular weight excluding hydrogens is 410 g/mol. The standard InChI is InChI=1S/C28H35NO2Si/c1-4-5-8-15-22-18-24(32(2,3)20-21-13-9-6-10-14-21)19-25-26(22)28(31)29(27(25)30)23-16-11-7-12-17-23/h6-7,9-14,16-18,22,25-26H,4-5,8,15,19-20H2,1-3H3/t22-,25-,26+/m1/s1. The summed E-state index contributed by atoms with van der Waals surface area (Å²) in [5.74, 6) is -0.239. The van der Waals surface area contributed by atoms with Crippen molar-refractivity contribution in [2.45, 2.75) is 58.2 Å². The van der Waals surface area contributed by atoms with E-state index in [1.807, 2.05) is 30.3 Å². The fraction of sp³-hybridized carbons (Fsp3) is 0.429. The zero-order valence-electron chi connectivity index (χ0n) is 19.6. The number of hydrogen-bond donors (Lipinski definition) is 0. The second-order valence-corrected chi connectivity index (χ2v) is 14.8. The highest BCUT2D eigenvalue weighted by molar-refractivity contribution is 6.83. The van der Waals surface area contributed by atoms with Crippen LogP contribution in [-0.2, 0) is 15.6 Å². The molecule has 32 heavy (non-hydrogen) atoms. The number of hydrogen-bond acceptors (Lipinski definition) is 2. The van der Waals surface area contributed by atoms with Crippen LogP contribution in [0.4, 0.5) is 5.69 Å². The molecule has 0 N–H and O–H groups in total. The zero-order valence-corrected chi connectivity index (χ0v) is 20.6. The normalized spacial score (nSPS) is 23.3. The molecule has 2 aliphatic rings. The Bertz CT molecular complexity index is 983. The van der Waals surface area contributed by atoms with Crippen LogP contribution in [0, 0.1) is 17.8 Å². The second-order valence-electron chi connectivity index (χ2n) is 10.1. The van der Waals surface area contributed by atoms with Crippen LogP contribution in [0.3, 0.4) is 0 Å². The Hall–Kier alpha value is -2.46. The lowest BCUT2D eigenvalue weighted by atomic mass is 9.75. The van der Waals surface area contributed by atoms with Gasteiger partial charge in [-0.1, -0.05) is 105 Å². The first-order valence-corrected chi connectivity index (χ1v) is 15.3. The number of carbonyl (C=O) groups is 2. The van der Waals surface area contributed by atoms with Crippen LogP contribution in [0.5, 0.6) is 0 Å². The van der Waals surface area contributed by atoms with Crippen molar-refractivity contribution < 1.29 is 9.59 Å². The summed E-state index contributed by atoms with van der Waals surface area (Å²) in [4.78, 5) is 28.6. The average Bonchev–Trinajstić information content (AvgIpc) is 3.05. The lowest BCUT2D eigenvalue weighted by molar-refractivity contribution is -0.122. The fourth-order valence-corrected chi connectivity index (χ4v) is 8.48. The molecule has 1 saturated heterocycles. The van der Waals surface area contributed by atoms with E-state index in [1.54, 1.807) is 0 Å². The van der Waals surface area contributed by atoms with E-state index in [9.17, 15) is 9.59 Å². The third kappa shape index (κ3) is 4.51. The maximum atomic E-state index is 13.6. The lowest BCUT2D eigenvalue weighted by Crippen LogP contribution is -2.39. The van der Waals surface area contributed by atoms with Crippen molar-refractivity contribution in [1.82, 2.24) is 0 Å². The number of nitrogens with zero attached hydrogens (tertiary/aromatic N) is 1. The number of fused-ring (bicyclic) bond motifs is 1. The van der Waals surface area contributed by atoms with Crippen molar-refractivity contribution in [2.75, 3.05) is 4.90 Å². The first-order chi connectivity index (χ1) is 15.4. The van der Waals surface area contributed by atoms with Gasteiger partial charge < -0.3 is 0 Å². The van der Waals surface area contributed by atoms with Gasteiger partial charge in [0, 0.05) is 0 Å². The van der Waals surface area contributed by atoms with Crippen LogP contribution in [0.25, 0.3) is 0 Å². The summed E-state index contributed by atoms with van der Waals surface area (Å²) in [6.07, 6.45) is 7.62. The molecule has 0 radical (unpaired) electrons. The summed E-state index contributed by atoms with van der Waals surface area (Å²) in [5.41, 5.74) is 2.08. The van der Waals surface area contributed by atoms with Gasteiger partial charge in [-0.3, -0.25) is 14.5 Å². The Morgan fingerprint density at radius 3 is 2.22 bits per heavy atom. The molecule has 0 saturated carbocycles. The second kappa shape index (κ2) is 9.58. The number of para-hydroxylation sites is 1. The molecule has 0 aromatic heterocycles. The Morgan fingerprint density at radius 2 is 1.56 bits per heavy atom. The first kappa shape index (κ1) is 22.7. The molecule has 0 bridgehead atoms.